The molecule has 28 heavy (non-hydrogen) atoms. The average Bonchev–Trinajstić information content (AvgIpc) is 2.54. The summed E-state index contributed by atoms with van der Waals surface area (Å²) in [6, 6.07) is 0. The Kier molecular flexibility index (Phi) is 6.50. The van der Waals surface area contributed by atoms with Gasteiger partial charge in [0.05, 0.1) is 0 Å². The molecule has 0 aromatic rings. The predicted octanol–water partition coefficient (Wildman–Crippen LogP) is 4.41. The molecule has 0 saturated heterocycles. The van der Waals surface area contributed by atoms with Crippen LogP contribution in [0, 0.1) is 0 Å². The molecule has 168 valence electrons. The molecule has 1 aliphatic carbocycles. The molecule has 3 nitrogen and oxygen atoms in total. The first-order valence-electron chi connectivity index (χ1n) is 6.66. The smallest absolute Gasteiger partial charge is 0.360 e. The molecule has 0 radical (unpaired) electrons. The van der Waals surface area contributed by atoms with Crippen molar-refractivity contribution in [3.8, 4) is 0 Å². The largest absolute Gasteiger partial charge is 0.411 e. The van der Waals surface area contributed by atoms with Gasteiger partial charge < -0.3 is 14.2 Å². The first kappa shape index (κ1) is 24.9. The number of halogens is 14. The van der Waals surface area contributed by atoms with Crippen molar-refractivity contribution in [1.82, 2.24) is 0 Å². The summed E-state index contributed by atoms with van der Waals surface area (Å²) in [6.45, 7) is -8.55. The molecule has 1 aliphatic rings. The standard InChI is InChI=1S/C11H8F14O3/c12-6(13,14)1-26-4-5(27-2-7(15,16)17)10(23,28-3-8(18,19)20)11(24,25)9(4,21)22/h4-5H,1-3H2/t4-,5+,10?/m1/s1. The van der Waals surface area contributed by atoms with Gasteiger partial charge in [0, 0.05) is 0 Å². The Morgan fingerprint density at radius 2 is 0.929 bits per heavy atom. The fourth-order valence-electron chi connectivity index (χ4n) is 2.08. The summed E-state index contributed by atoms with van der Waals surface area (Å²) in [7, 11) is 0. The first-order chi connectivity index (χ1) is 12.1. The van der Waals surface area contributed by atoms with E-state index in [1.165, 1.54) is 0 Å². The highest BCUT2D eigenvalue weighted by molar-refractivity contribution is 5.16. The van der Waals surface area contributed by atoms with E-state index in [-0.39, 0.29) is 0 Å². The van der Waals surface area contributed by atoms with E-state index in [0.717, 1.165) is 0 Å². The van der Waals surface area contributed by atoms with E-state index < -0.39 is 68.3 Å². The highest BCUT2D eigenvalue weighted by Gasteiger charge is 2.86. The van der Waals surface area contributed by atoms with Crippen LogP contribution >= 0.6 is 0 Å². The minimum Gasteiger partial charge on any atom is -0.360 e. The second-order valence-corrected chi connectivity index (χ2v) is 5.44. The molecule has 1 unspecified atom stereocenters. The van der Waals surface area contributed by atoms with E-state index in [9.17, 15) is 61.5 Å². The van der Waals surface area contributed by atoms with Crippen molar-refractivity contribution >= 4 is 0 Å². The number of rotatable bonds is 6. The normalized spacial score (nSPS) is 30.6. The lowest BCUT2D eigenvalue weighted by Gasteiger charge is -2.32. The SMILES string of the molecule is FC(F)(F)CO[C@@H]1[C@H](OCC(F)(F)F)C(F)(OCC(F)(F)F)C(F)(F)C1(F)F. The van der Waals surface area contributed by atoms with E-state index in [1.54, 1.807) is 0 Å². The highest BCUT2D eigenvalue weighted by atomic mass is 19.4. The highest BCUT2D eigenvalue weighted by Crippen LogP contribution is 2.58. The summed E-state index contributed by atoms with van der Waals surface area (Å²) in [4.78, 5) is 0. The van der Waals surface area contributed by atoms with Crippen molar-refractivity contribution in [2.24, 2.45) is 0 Å². The zero-order chi connectivity index (χ0) is 22.4. The minimum atomic E-state index is -6.35. The number of hydrogen-bond acceptors (Lipinski definition) is 3. The maximum atomic E-state index is 14.4. The second kappa shape index (κ2) is 7.30. The van der Waals surface area contributed by atoms with E-state index in [1.807, 2.05) is 0 Å². The van der Waals surface area contributed by atoms with Crippen LogP contribution in [0.5, 0.6) is 0 Å². The summed E-state index contributed by atoms with van der Waals surface area (Å²) in [5.74, 6) is -18.0. The first-order valence-corrected chi connectivity index (χ1v) is 6.66. The monoisotopic (exact) mass is 454 g/mol. The van der Waals surface area contributed by atoms with Crippen molar-refractivity contribution in [2.45, 2.75) is 48.4 Å². The number of ether oxygens (including phenoxy) is 3. The maximum Gasteiger partial charge on any atom is 0.411 e. The average molecular weight is 454 g/mol. The van der Waals surface area contributed by atoms with E-state index in [4.69, 9.17) is 0 Å². The molecule has 0 aromatic carbocycles. The quantitative estimate of drug-likeness (QED) is 0.557. The van der Waals surface area contributed by atoms with Crippen molar-refractivity contribution in [2.75, 3.05) is 19.8 Å². The molecular weight excluding hydrogens is 446 g/mol. The summed E-state index contributed by atoms with van der Waals surface area (Å²) >= 11 is 0. The van der Waals surface area contributed by atoms with Crippen LogP contribution in [0.3, 0.4) is 0 Å². The summed E-state index contributed by atoms with van der Waals surface area (Å²) in [5, 5.41) is 0. The second-order valence-electron chi connectivity index (χ2n) is 5.44. The lowest BCUT2D eigenvalue weighted by atomic mass is 10.1. The van der Waals surface area contributed by atoms with Gasteiger partial charge in [-0.1, -0.05) is 0 Å². The van der Waals surface area contributed by atoms with Crippen LogP contribution in [0.25, 0.3) is 0 Å². The van der Waals surface area contributed by atoms with E-state index in [2.05, 4.69) is 14.2 Å². The van der Waals surface area contributed by atoms with Gasteiger partial charge in [-0.05, 0) is 0 Å². The van der Waals surface area contributed by atoms with Gasteiger partial charge in [-0.2, -0.15) is 57.1 Å². The van der Waals surface area contributed by atoms with Gasteiger partial charge in [-0.15, -0.1) is 0 Å². The molecule has 0 aromatic heterocycles. The third-order valence-corrected chi connectivity index (χ3v) is 3.14. The molecule has 0 heterocycles. The lowest BCUT2D eigenvalue weighted by molar-refractivity contribution is -0.352. The minimum absolute atomic E-state index is 2.77. The molecular formula is C11H8F14O3. The molecule has 1 saturated carbocycles. The zero-order valence-corrected chi connectivity index (χ0v) is 12.8. The van der Waals surface area contributed by atoms with Gasteiger partial charge in [-0.25, -0.2) is 4.39 Å². The van der Waals surface area contributed by atoms with Crippen molar-refractivity contribution < 1.29 is 75.7 Å². The van der Waals surface area contributed by atoms with Crippen LogP contribution in [0.2, 0.25) is 0 Å². The number of hydrogen-bond donors (Lipinski definition) is 0. The van der Waals surface area contributed by atoms with Crippen LogP contribution in [0.15, 0.2) is 0 Å². The molecule has 0 amide bonds. The van der Waals surface area contributed by atoms with Gasteiger partial charge >= 0.3 is 36.2 Å². The zero-order valence-electron chi connectivity index (χ0n) is 12.8. The van der Waals surface area contributed by atoms with Crippen LogP contribution in [-0.4, -0.2) is 68.3 Å². The Morgan fingerprint density at radius 1 is 0.571 bits per heavy atom. The van der Waals surface area contributed by atoms with Gasteiger partial charge in [-0.3, -0.25) is 0 Å². The molecule has 0 bridgehead atoms. The van der Waals surface area contributed by atoms with Gasteiger partial charge in [0.1, 0.15) is 19.8 Å². The van der Waals surface area contributed by atoms with Crippen LogP contribution in [0.1, 0.15) is 0 Å². The van der Waals surface area contributed by atoms with E-state index >= 15 is 0 Å². The summed E-state index contributed by atoms with van der Waals surface area (Å²) in [5.41, 5.74) is 0. The predicted molar refractivity (Wildman–Crippen MR) is 57.3 cm³/mol. The molecule has 0 aliphatic heterocycles. The van der Waals surface area contributed by atoms with Crippen LogP contribution in [-0.2, 0) is 14.2 Å². The molecule has 0 N–H and O–H groups in total. The molecule has 1 rings (SSSR count). The Balaban J connectivity index is 3.34. The lowest BCUT2D eigenvalue weighted by Crippen LogP contribution is -2.55. The molecule has 17 heteroatoms. The number of alkyl halides is 14. The Hall–Kier alpha value is -1.10. The Morgan fingerprint density at radius 3 is 1.29 bits per heavy atom. The fourth-order valence-corrected chi connectivity index (χ4v) is 2.08. The van der Waals surface area contributed by atoms with Gasteiger partial charge in [0.25, 0.3) is 0 Å². The molecule has 0 spiro atoms. The van der Waals surface area contributed by atoms with Gasteiger partial charge in [0.15, 0.2) is 12.2 Å². The van der Waals surface area contributed by atoms with E-state index in [0.29, 0.717) is 0 Å². The van der Waals surface area contributed by atoms with Crippen LogP contribution in [0.4, 0.5) is 61.5 Å². The fraction of sp³-hybridized carbons (Fsp3) is 1.00. The third kappa shape index (κ3) is 5.28. The Bertz CT molecular complexity index is 538. The van der Waals surface area contributed by atoms with Crippen molar-refractivity contribution in [3.63, 3.8) is 0 Å². The van der Waals surface area contributed by atoms with Crippen LogP contribution < -0.4 is 0 Å². The van der Waals surface area contributed by atoms with Crippen molar-refractivity contribution in [3.05, 3.63) is 0 Å². The molecule has 1 fully saturated rings. The van der Waals surface area contributed by atoms with Crippen molar-refractivity contribution in [1.29, 1.82) is 0 Å². The summed E-state index contributed by atoms with van der Waals surface area (Å²) in [6.07, 6.45) is -24.7. The third-order valence-electron chi connectivity index (χ3n) is 3.14. The van der Waals surface area contributed by atoms with Gasteiger partial charge in [0.2, 0.25) is 0 Å². The Labute approximate surface area is 145 Å². The maximum absolute atomic E-state index is 14.4. The summed E-state index contributed by atoms with van der Waals surface area (Å²) < 4.78 is 188. The topological polar surface area (TPSA) is 27.7 Å². The molecule has 3 atom stereocenters.